The summed E-state index contributed by atoms with van der Waals surface area (Å²) in [5, 5.41) is 3.28. The number of anilines is 1. The second-order valence-corrected chi connectivity index (χ2v) is 4.71. The van der Waals surface area contributed by atoms with Crippen LogP contribution in [0.25, 0.3) is 0 Å². The molecule has 0 radical (unpaired) electrons. The molecule has 5 nitrogen and oxygen atoms in total. The van der Waals surface area contributed by atoms with E-state index in [1.807, 2.05) is 19.9 Å². The number of pyridine rings is 1. The second kappa shape index (κ2) is 5.35. The summed E-state index contributed by atoms with van der Waals surface area (Å²) in [6, 6.07) is 3.87. The van der Waals surface area contributed by atoms with Gasteiger partial charge in [0.05, 0.1) is 25.0 Å². The molecule has 0 saturated carbocycles. The number of amides is 1. The van der Waals surface area contributed by atoms with Gasteiger partial charge >= 0.3 is 0 Å². The van der Waals surface area contributed by atoms with Crippen molar-refractivity contribution >= 4 is 11.6 Å². The van der Waals surface area contributed by atoms with Gasteiger partial charge in [0, 0.05) is 18.7 Å². The van der Waals surface area contributed by atoms with Gasteiger partial charge in [-0.05, 0) is 12.5 Å². The highest BCUT2D eigenvalue weighted by molar-refractivity contribution is 5.99. The Labute approximate surface area is 107 Å². The number of carbonyl (C=O) groups is 1. The number of aromatic nitrogens is 1. The van der Waals surface area contributed by atoms with E-state index in [0.717, 1.165) is 18.7 Å². The van der Waals surface area contributed by atoms with E-state index in [0.29, 0.717) is 11.9 Å². The zero-order chi connectivity index (χ0) is 13.1. The monoisotopic (exact) mass is 249 g/mol. The molecule has 18 heavy (non-hydrogen) atoms. The molecule has 1 atom stereocenters. The zero-order valence-electron chi connectivity index (χ0n) is 11.0. The Hall–Kier alpha value is -1.62. The van der Waals surface area contributed by atoms with E-state index in [4.69, 9.17) is 4.74 Å². The van der Waals surface area contributed by atoms with Gasteiger partial charge in [-0.25, -0.2) is 4.98 Å². The number of nitrogens with zero attached hydrogens (tertiary/aromatic N) is 2. The molecular weight excluding hydrogens is 230 g/mol. The number of nitrogens with one attached hydrogen (secondary N) is 1. The van der Waals surface area contributed by atoms with Crippen LogP contribution in [0.15, 0.2) is 18.3 Å². The van der Waals surface area contributed by atoms with Gasteiger partial charge in [0.1, 0.15) is 0 Å². The maximum Gasteiger partial charge on any atom is 0.244 e. The van der Waals surface area contributed by atoms with E-state index in [2.05, 4.69) is 10.3 Å². The van der Waals surface area contributed by atoms with Crippen LogP contribution in [0.3, 0.4) is 0 Å². The highest BCUT2D eigenvalue weighted by atomic mass is 16.5. The first-order chi connectivity index (χ1) is 8.61. The van der Waals surface area contributed by atoms with Crippen molar-refractivity contribution in [1.29, 1.82) is 0 Å². The standard InChI is InChI=1S/C13H19N3O2/c1-9(2)15-11-6-7-16(13(11)17)10-4-5-12(18-3)14-8-10/h4-5,8-9,11,15H,6-7H2,1-3H3. The predicted octanol–water partition coefficient (Wildman–Crippen LogP) is 1.19. The lowest BCUT2D eigenvalue weighted by Crippen LogP contribution is -2.41. The SMILES string of the molecule is COc1ccc(N2CCC(NC(C)C)C2=O)cn1. The largest absolute Gasteiger partial charge is 0.481 e. The van der Waals surface area contributed by atoms with Crippen molar-refractivity contribution in [1.82, 2.24) is 10.3 Å². The number of methoxy groups -OCH3 is 1. The fraction of sp³-hybridized carbons (Fsp3) is 0.538. The highest BCUT2D eigenvalue weighted by Gasteiger charge is 2.32. The minimum absolute atomic E-state index is 0.0768. The summed E-state index contributed by atoms with van der Waals surface area (Å²) in [7, 11) is 1.58. The molecule has 1 unspecified atom stereocenters. The van der Waals surface area contributed by atoms with Gasteiger partial charge in [0.2, 0.25) is 11.8 Å². The van der Waals surface area contributed by atoms with Crippen molar-refractivity contribution in [2.45, 2.75) is 32.4 Å². The molecule has 1 aromatic heterocycles. The quantitative estimate of drug-likeness (QED) is 0.871. The highest BCUT2D eigenvalue weighted by Crippen LogP contribution is 2.22. The van der Waals surface area contributed by atoms with E-state index in [-0.39, 0.29) is 11.9 Å². The van der Waals surface area contributed by atoms with Crippen LogP contribution in [0.1, 0.15) is 20.3 Å². The lowest BCUT2D eigenvalue weighted by Gasteiger charge is -2.18. The Morgan fingerprint density at radius 2 is 2.28 bits per heavy atom. The fourth-order valence-corrected chi connectivity index (χ4v) is 2.15. The molecule has 1 amide bonds. The van der Waals surface area contributed by atoms with E-state index in [1.54, 1.807) is 24.3 Å². The molecule has 1 N–H and O–H groups in total. The van der Waals surface area contributed by atoms with Crippen molar-refractivity contribution in [3.8, 4) is 5.88 Å². The molecule has 98 valence electrons. The molecule has 2 heterocycles. The first kappa shape index (κ1) is 12.8. The Morgan fingerprint density at radius 3 is 2.83 bits per heavy atom. The molecule has 2 rings (SSSR count). The molecule has 0 spiro atoms. The topological polar surface area (TPSA) is 54.5 Å². The van der Waals surface area contributed by atoms with Gasteiger partial charge < -0.3 is 15.0 Å². The lowest BCUT2D eigenvalue weighted by molar-refractivity contribution is -0.118. The third-order valence-corrected chi connectivity index (χ3v) is 2.98. The van der Waals surface area contributed by atoms with Crippen LogP contribution in [0.2, 0.25) is 0 Å². The summed E-state index contributed by atoms with van der Waals surface area (Å²) >= 11 is 0. The Morgan fingerprint density at radius 1 is 1.50 bits per heavy atom. The minimum atomic E-state index is -0.0768. The van der Waals surface area contributed by atoms with E-state index in [9.17, 15) is 4.79 Å². The average molecular weight is 249 g/mol. The van der Waals surface area contributed by atoms with Crippen LogP contribution in [0.5, 0.6) is 5.88 Å². The third-order valence-electron chi connectivity index (χ3n) is 2.98. The van der Waals surface area contributed by atoms with Crippen molar-refractivity contribution in [3.63, 3.8) is 0 Å². The smallest absolute Gasteiger partial charge is 0.244 e. The van der Waals surface area contributed by atoms with Crippen molar-refractivity contribution in [2.75, 3.05) is 18.6 Å². The summed E-state index contributed by atoms with van der Waals surface area (Å²) in [4.78, 5) is 18.1. The van der Waals surface area contributed by atoms with Crippen LogP contribution in [0, 0.1) is 0 Å². The molecule has 1 fully saturated rings. The van der Waals surface area contributed by atoms with Crippen molar-refractivity contribution in [2.24, 2.45) is 0 Å². The van der Waals surface area contributed by atoms with Crippen LogP contribution in [-0.2, 0) is 4.79 Å². The van der Waals surface area contributed by atoms with Gasteiger partial charge in [-0.15, -0.1) is 0 Å². The van der Waals surface area contributed by atoms with Crippen LogP contribution in [-0.4, -0.2) is 36.6 Å². The molecule has 1 saturated heterocycles. The maximum absolute atomic E-state index is 12.2. The summed E-state index contributed by atoms with van der Waals surface area (Å²) in [5.41, 5.74) is 0.828. The van der Waals surface area contributed by atoms with Gasteiger partial charge in [-0.2, -0.15) is 0 Å². The second-order valence-electron chi connectivity index (χ2n) is 4.71. The summed E-state index contributed by atoms with van der Waals surface area (Å²) < 4.78 is 5.01. The van der Waals surface area contributed by atoms with Gasteiger partial charge in [0.15, 0.2) is 0 Å². The molecule has 0 aliphatic carbocycles. The van der Waals surface area contributed by atoms with Crippen LogP contribution >= 0.6 is 0 Å². The minimum Gasteiger partial charge on any atom is -0.481 e. The maximum atomic E-state index is 12.2. The van der Waals surface area contributed by atoms with Crippen LogP contribution < -0.4 is 15.0 Å². The van der Waals surface area contributed by atoms with E-state index >= 15 is 0 Å². The fourth-order valence-electron chi connectivity index (χ4n) is 2.15. The Balaban J connectivity index is 2.08. The number of hydrogen-bond acceptors (Lipinski definition) is 4. The normalized spacial score (nSPS) is 19.7. The summed E-state index contributed by atoms with van der Waals surface area (Å²) in [6.45, 7) is 4.83. The number of rotatable bonds is 4. The van der Waals surface area contributed by atoms with E-state index < -0.39 is 0 Å². The first-order valence-corrected chi connectivity index (χ1v) is 6.19. The van der Waals surface area contributed by atoms with E-state index in [1.165, 1.54) is 0 Å². The van der Waals surface area contributed by atoms with Crippen LogP contribution in [0.4, 0.5) is 5.69 Å². The lowest BCUT2D eigenvalue weighted by atomic mass is 10.2. The van der Waals surface area contributed by atoms with Gasteiger partial charge in [0.25, 0.3) is 0 Å². The molecule has 5 heteroatoms. The summed E-state index contributed by atoms with van der Waals surface area (Å²) in [5.74, 6) is 0.679. The molecule has 1 aliphatic rings. The molecular formula is C13H19N3O2. The Kier molecular flexibility index (Phi) is 3.81. The zero-order valence-corrected chi connectivity index (χ0v) is 11.0. The number of hydrogen-bond donors (Lipinski definition) is 1. The molecule has 1 aliphatic heterocycles. The number of ether oxygens (including phenoxy) is 1. The number of carbonyl (C=O) groups excluding carboxylic acids is 1. The van der Waals surface area contributed by atoms with Crippen molar-refractivity contribution in [3.05, 3.63) is 18.3 Å². The predicted molar refractivity (Wildman–Crippen MR) is 69.8 cm³/mol. The third kappa shape index (κ3) is 2.61. The average Bonchev–Trinajstić information content (AvgIpc) is 2.71. The first-order valence-electron chi connectivity index (χ1n) is 6.19. The Bertz CT molecular complexity index is 417. The molecule has 0 bridgehead atoms. The molecule has 0 aromatic carbocycles. The van der Waals surface area contributed by atoms with Gasteiger partial charge in [-0.3, -0.25) is 4.79 Å². The van der Waals surface area contributed by atoms with Crippen molar-refractivity contribution < 1.29 is 9.53 Å². The summed E-state index contributed by atoms with van der Waals surface area (Å²) in [6.07, 6.45) is 2.51. The molecule has 1 aromatic rings. The van der Waals surface area contributed by atoms with Gasteiger partial charge in [-0.1, -0.05) is 13.8 Å².